The second-order valence-electron chi connectivity index (χ2n) is 5.72. The zero-order valence-corrected chi connectivity index (χ0v) is 15.6. The molecule has 0 spiro atoms. The van der Waals surface area contributed by atoms with Crippen LogP contribution < -0.4 is 19.6 Å². The Balaban J connectivity index is 2.00. The van der Waals surface area contributed by atoms with E-state index in [1.807, 2.05) is 72.8 Å². The van der Waals surface area contributed by atoms with Crippen LogP contribution in [0.5, 0.6) is 17.2 Å². The average molecular weight is 362 g/mol. The fourth-order valence-corrected chi connectivity index (χ4v) is 2.75. The Morgan fingerprint density at radius 1 is 0.704 bits per heavy atom. The minimum Gasteiger partial charge on any atom is -0.493 e. The van der Waals surface area contributed by atoms with Gasteiger partial charge in [0.15, 0.2) is 11.5 Å². The van der Waals surface area contributed by atoms with E-state index in [1.165, 1.54) is 0 Å². The van der Waals surface area contributed by atoms with E-state index in [1.54, 1.807) is 21.3 Å². The number of rotatable bonds is 7. The standard InChI is InChI=1S/C22H22N2O3/c1-25-19-14-18(15-20(26-2)22(19)27-3)23-24-21(16-10-6-4-7-11-16)17-12-8-5-9-13-17/h4-15,23H,1-3H3. The molecule has 0 saturated carbocycles. The number of methoxy groups -OCH3 is 3. The highest BCUT2D eigenvalue weighted by atomic mass is 16.5. The first kappa shape index (κ1) is 18.3. The third kappa shape index (κ3) is 4.20. The summed E-state index contributed by atoms with van der Waals surface area (Å²) in [4.78, 5) is 0. The van der Waals surface area contributed by atoms with Crippen molar-refractivity contribution in [2.45, 2.75) is 0 Å². The highest BCUT2D eigenvalue weighted by molar-refractivity contribution is 6.13. The number of nitrogens with zero attached hydrogens (tertiary/aromatic N) is 1. The summed E-state index contributed by atoms with van der Waals surface area (Å²) in [6, 6.07) is 23.7. The lowest BCUT2D eigenvalue weighted by atomic mass is 10.0. The Hall–Kier alpha value is -3.47. The lowest BCUT2D eigenvalue weighted by Crippen LogP contribution is -2.06. The van der Waals surface area contributed by atoms with Gasteiger partial charge in [0.05, 0.1) is 32.7 Å². The molecule has 0 radical (unpaired) electrons. The first-order chi connectivity index (χ1) is 13.3. The van der Waals surface area contributed by atoms with E-state index in [0.717, 1.165) is 22.5 Å². The molecule has 0 aliphatic heterocycles. The van der Waals surface area contributed by atoms with E-state index >= 15 is 0 Å². The quantitative estimate of drug-likeness (QED) is 0.494. The summed E-state index contributed by atoms with van der Waals surface area (Å²) in [6.07, 6.45) is 0. The Morgan fingerprint density at radius 2 is 1.19 bits per heavy atom. The molecular formula is C22H22N2O3. The number of anilines is 1. The molecule has 3 aromatic carbocycles. The average Bonchev–Trinajstić information content (AvgIpc) is 2.74. The van der Waals surface area contributed by atoms with E-state index in [4.69, 9.17) is 14.2 Å². The van der Waals surface area contributed by atoms with Crippen LogP contribution >= 0.6 is 0 Å². The SMILES string of the molecule is COc1cc(NN=C(c2ccccc2)c2ccccc2)cc(OC)c1OC. The molecule has 0 fully saturated rings. The number of hydrazone groups is 1. The Kier molecular flexibility index (Phi) is 5.94. The number of nitrogens with one attached hydrogen (secondary N) is 1. The van der Waals surface area contributed by atoms with Gasteiger partial charge in [-0.2, -0.15) is 5.10 Å². The largest absolute Gasteiger partial charge is 0.493 e. The first-order valence-electron chi connectivity index (χ1n) is 8.51. The van der Waals surface area contributed by atoms with Crippen molar-refractivity contribution in [2.24, 2.45) is 5.10 Å². The molecule has 0 amide bonds. The molecule has 0 aromatic heterocycles. The summed E-state index contributed by atoms with van der Waals surface area (Å²) in [5.74, 6) is 1.67. The summed E-state index contributed by atoms with van der Waals surface area (Å²) in [5.41, 5.74) is 6.72. The minimum atomic E-state index is 0.542. The molecule has 0 unspecified atom stereocenters. The van der Waals surface area contributed by atoms with Gasteiger partial charge in [-0.15, -0.1) is 0 Å². The van der Waals surface area contributed by atoms with Gasteiger partial charge >= 0.3 is 0 Å². The van der Waals surface area contributed by atoms with E-state index in [-0.39, 0.29) is 0 Å². The van der Waals surface area contributed by atoms with Crippen molar-refractivity contribution in [3.63, 3.8) is 0 Å². The monoisotopic (exact) mass is 362 g/mol. The molecule has 0 bridgehead atoms. The van der Waals surface area contributed by atoms with E-state index < -0.39 is 0 Å². The van der Waals surface area contributed by atoms with Gasteiger partial charge in [0.25, 0.3) is 0 Å². The van der Waals surface area contributed by atoms with Crippen LogP contribution in [0.15, 0.2) is 77.9 Å². The van der Waals surface area contributed by atoms with Crippen LogP contribution in [-0.4, -0.2) is 27.0 Å². The van der Waals surface area contributed by atoms with E-state index in [2.05, 4.69) is 10.5 Å². The topological polar surface area (TPSA) is 52.1 Å². The van der Waals surface area contributed by atoms with Crippen LogP contribution in [0.4, 0.5) is 5.69 Å². The number of hydrogen-bond acceptors (Lipinski definition) is 5. The molecule has 1 N–H and O–H groups in total. The summed E-state index contributed by atoms with van der Waals surface area (Å²) < 4.78 is 16.2. The molecular weight excluding hydrogens is 340 g/mol. The fraction of sp³-hybridized carbons (Fsp3) is 0.136. The molecule has 0 aliphatic rings. The van der Waals surface area contributed by atoms with Gasteiger partial charge < -0.3 is 14.2 Å². The second-order valence-corrected chi connectivity index (χ2v) is 5.72. The van der Waals surface area contributed by atoms with Gasteiger partial charge in [-0.1, -0.05) is 60.7 Å². The maximum absolute atomic E-state index is 5.40. The van der Waals surface area contributed by atoms with Gasteiger partial charge in [0.1, 0.15) is 0 Å². The van der Waals surface area contributed by atoms with Crippen LogP contribution in [0.1, 0.15) is 11.1 Å². The van der Waals surface area contributed by atoms with Gasteiger partial charge in [-0.25, -0.2) is 0 Å². The lowest BCUT2D eigenvalue weighted by Gasteiger charge is -2.14. The molecule has 0 heterocycles. The van der Waals surface area contributed by atoms with Crippen LogP contribution in [0.3, 0.4) is 0 Å². The fourth-order valence-electron chi connectivity index (χ4n) is 2.75. The van der Waals surface area contributed by atoms with Crippen molar-refractivity contribution in [1.29, 1.82) is 0 Å². The van der Waals surface area contributed by atoms with Crippen molar-refractivity contribution in [3.05, 3.63) is 83.9 Å². The normalized spacial score (nSPS) is 10.0. The van der Waals surface area contributed by atoms with Gasteiger partial charge in [-0.3, -0.25) is 5.43 Å². The molecule has 0 atom stereocenters. The molecule has 0 saturated heterocycles. The summed E-state index contributed by atoms with van der Waals surface area (Å²) in [5, 5.41) is 4.66. The van der Waals surface area contributed by atoms with E-state index in [9.17, 15) is 0 Å². The smallest absolute Gasteiger partial charge is 0.203 e. The van der Waals surface area contributed by atoms with Gasteiger partial charge in [-0.05, 0) is 0 Å². The van der Waals surface area contributed by atoms with Crippen molar-refractivity contribution in [1.82, 2.24) is 0 Å². The van der Waals surface area contributed by atoms with Gasteiger partial charge in [0.2, 0.25) is 5.75 Å². The summed E-state index contributed by atoms with van der Waals surface area (Å²) in [7, 11) is 4.75. The first-order valence-corrected chi connectivity index (χ1v) is 8.51. The van der Waals surface area contributed by atoms with Crippen molar-refractivity contribution in [3.8, 4) is 17.2 Å². The van der Waals surface area contributed by atoms with Crippen LogP contribution in [0.25, 0.3) is 0 Å². The third-order valence-electron chi connectivity index (χ3n) is 4.06. The van der Waals surface area contributed by atoms with Gasteiger partial charge in [0, 0.05) is 23.3 Å². The number of ether oxygens (including phenoxy) is 3. The predicted molar refractivity (Wildman–Crippen MR) is 108 cm³/mol. The van der Waals surface area contributed by atoms with Crippen molar-refractivity contribution in [2.75, 3.05) is 26.8 Å². The Morgan fingerprint density at radius 3 is 1.59 bits per heavy atom. The molecule has 27 heavy (non-hydrogen) atoms. The van der Waals surface area contributed by atoms with E-state index in [0.29, 0.717) is 17.2 Å². The Labute approximate surface area is 159 Å². The van der Waals surface area contributed by atoms with Crippen molar-refractivity contribution < 1.29 is 14.2 Å². The third-order valence-corrected chi connectivity index (χ3v) is 4.06. The summed E-state index contributed by atoms with van der Waals surface area (Å²) >= 11 is 0. The molecule has 0 aliphatic carbocycles. The number of benzene rings is 3. The second kappa shape index (κ2) is 8.76. The summed E-state index contributed by atoms with van der Waals surface area (Å²) in [6.45, 7) is 0. The molecule has 3 rings (SSSR count). The van der Waals surface area contributed by atoms with Crippen LogP contribution in [-0.2, 0) is 0 Å². The number of hydrogen-bond donors (Lipinski definition) is 1. The molecule has 5 heteroatoms. The van der Waals surface area contributed by atoms with Crippen LogP contribution in [0.2, 0.25) is 0 Å². The zero-order chi connectivity index (χ0) is 19.1. The lowest BCUT2D eigenvalue weighted by molar-refractivity contribution is 0.324. The minimum absolute atomic E-state index is 0.542. The van der Waals surface area contributed by atoms with Crippen molar-refractivity contribution >= 4 is 11.4 Å². The Bertz CT molecular complexity index is 843. The molecule has 5 nitrogen and oxygen atoms in total. The zero-order valence-electron chi connectivity index (χ0n) is 15.6. The highest BCUT2D eigenvalue weighted by Gasteiger charge is 2.13. The maximum Gasteiger partial charge on any atom is 0.203 e. The molecule has 3 aromatic rings. The maximum atomic E-state index is 5.40. The predicted octanol–water partition coefficient (Wildman–Crippen LogP) is 4.58. The van der Waals surface area contributed by atoms with Crippen LogP contribution in [0, 0.1) is 0 Å². The highest BCUT2D eigenvalue weighted by Crippen LogP contribution is 2.39. The molecule has 138 valence electrons.